The summed E-state index contributed by atoms with van der Waals surface area (Å²) in [6.45, 7) is 0.0480. The molecule has 2 fully saturated rings. The summed E-state index contributed by atoms with van der Waals surface area (Å²) in [5.41, 5.74) is 0.0106. The van der Waals surface area contributed by atoms with Crippen molar-refractivity contribution in [2.45, 2.75) is 44.1 Å². The summed E-state index contributed by atoms with van der Waals surface area (Å²) >= 11 is 0. The molecular weight excluding hydrogens is 337 g/mol. The van der Waals surface area contributed by atoms with E-state index in [1.165, 1.54) is 17.0 Å². The third kappa shape index (κ3) is 3.43. The van der Waals surface area contributed by atoms with Crippen LogP contribution in [-0.4, -0.2) is 53.3 Å². The van der Waals surface area contributed by atoms with E-state index in [0.717, 1.165) is 29.7 Å². The van der Waals surface area contributed by atoms with Gasteiger partial charge in [0.1, 0.15) is 17.9 Å². The first-order valence-corrected chi connectivity index (χ1v) is 9.05. The van der Waals surface area contributed by atoms with Gasteiger partial charge in [-0.2, -0.15) is 0 Å². The highest BCUT2D eigenvalue weighted by Gasteiger charge is 2.55. The summed E-state index contributed by atoms with van der Waals surface area (Å²) in [5.74, 6) is -0.961. The third-order valence-corrected chi connectivity index (χ3v) is 5.41. The predicted octanol–water partition coefficient (Wildman–Crippen LogP) is 2.08. The molecule has 1 aromatic carbocycles. The second-order valence-corrected chi connectivity index (χ2v) is 7.06. The average molecular weight is 361 g/mol. The lowest BCUT2D eigenvalue weighted by atomic mass is 9.81. The maximum absolute atomic E-state index is 13.1. The Bertz CT molecular complexity index is 716. The summed E-state index contributed by atoms with van der Waals surface area (Å²) in [6, 6.07) is 5.78. The molecule has 140 valence electrons. The SMILES string of the molecule is CN1C(=O)N(CC(=O)NCCc2cccc(F)c2)C(=O)C12CCCCC2. The molecule has 2 aliphatic rings. The van der Waals surface area contributed by atoms with Crippen molar-refractivity contribution < 1.29 is 18.8 Å². The number of carbonyl (C=O) groups is 3. The van der Waals surface area contributed by atoms with Crippen LogP contribution in [0.1, 0.15) is 37.7 Å². The van der Waals surface area contributed by atoms with Crippen LogP contribution in [0.4, 0.5) is 9.18 Å². The van der Waals surface area contributed by atoms with Crippen molar-refractivity contribution in [2.24, 2.45) is 0 Å². The van der Waals surface area contributed by atoms with Crippen LogP contribution < -0.4 is 5.32 Å². The summed E-state index contributed by atoms with van der Waals surface area (Å²) in [7, 11) is 1.65. The van der Waals surface area contributed by atoms with Crippen LogP contribution >= 0.6 is 0 Å². The molecule has 1 N–H and O–H groups in total. The molecule has 6 nitrogen and oxygen atoms in total. The first kappa shape index (κ1) is 18.4. The summed E-state index contributed by atoms with van der Waals surface area (Å²) in [4.78, 5) is 40.0. The fourth-order valence-electron chi connectivity index (χ4n) is 3.91. The van der Waals surface area contributed by atoms with Gasteiger partial charge in [0.25, 0.3) is 5.91 Å². The van der Waals surface area contributed by atoms with Crippen LogP contribution in [0.15, 0.2) is 24.3 Å². The van der Waals surface area contributed by atoms with E-state index >= 15 is 0 Å². The Labute approximate surface area is 152 Å². The molecule has 0 aromatic heterocycles. The number of benzene rings is 1. The lowest BCUT2D eigenvalue weighted by molar-refractivity contribution is -0.137. The first-order chi connectivity index (χ1) is 12.4. The highest BCUT2D eigenvalue weighted by atomic mass is 19.1. The van der Waals surface area contributed by atoms with Crippen LogP contribution in [-0.2, 0) is 16.0 Å². The standard InChI is InChI=1S/C19H24FN3O3/c1-22-18(26)23(17(25)19(22)9-3-2-4-10-19)13-16(24)21-11-8-14-6-5-7-15(20)12-14/h5-7,12H,2-4,8-11,13H2,1H3,(H,21,24). The number of halogens is 1. The molecule has 0 unspecified atom stereocenters. The number of amides is 4. The molecule has 0 bridgehead atoms. The number of hydrogen-bond donors (Lipinski definition) is 1. The summed E-state index contributed by atoms with van der Waals surface area (Å²) < 4.78 is 13.1. The molecule has 26 heavy (non-hydrogen) atoms. The van der Waals surface area contributed by atoms with Crippen molar-refractivity contribution in [3.63, 3.8) is 0 Å². The van der Waals surface area contributed by atoms with E-state index in [2.05, 4.69) is 5.32 Å². The number of rotatable bonds is 5. The Morgan fingerprint density at radius 1 is 1.23 bits per heavy atom. The van der Waals surface area contributed by atoms with Gasteiger partial charge in [-0.25, -0.2) is 9.18 Å². The zero-order chi connectivity index (χ0) is 18.7. The predicted molar refractivity (Wildman–Crippen MR) is 93.8 cm³/mol. The third-order valence-electron chi connectivity index (χ3n) is 5.41. The van der Waals surface area contributed by atoms with Crippen LogP contribution in [0.25, 0.3) is 0 Å². The number of hydrogen-bond acceptors (Lipinski definition) is 3. The summed E-state index contributed by atoms with van der Waals surface area (Å²) in [6.07, 6.45) is 4.69. The number of nitrogens with one attached hydrogen (secondary N) is 1. The molecule has 0 radical (unpaired) electrons. The van der Waals surface area contributed by atoms with Crippen LogP contribution in [0.5, 0.6) is 0 Å². The Hall–Kier alpha value is -2.44. The van der Waals surface area contributed by atoms with Gasteiger partial charge in [0.2, 0.25) is 5.91 Å². The van der Waals surface area contributed by atoms with Crippen LogP contribution in [0, 0.1) is 5.82 Å². The van der Waals surface area contributed by atoms with Gasteiger partial charge < -0.3 is 10.2 Å². The summed E-state index contributed by atoms with van der Waals surface area (Å²) in [5, 5.41) is 2.70. The van der Waals surface area contributed by atoms with Crippen molar-refractivity contribution in [1.29, 1.82) is 0 Å². The van der Waals surface area contributed by atoms with Gasteiger partial charge >= 0.3 is 6.03 Å². The molecule has 1 saturated carbocycles. The molecule has 4 amide bonds. The highest BCUT2D eigenvalue weighted by molar-refractivity contribution is 6.08. The van der Waals surface area contributed by atoms with Gasteiger partial charge in [0.15, 0.2) is 0 Å². The molecule has 1 aliphatic heterocycles. The average Bonchev–Trinajstić information content (AvgIpc) is 2.79. The van der Waals surface area contributed by atoms with Crippen LogP contribution in [0.2, 0.25) is 0 Å². The lowest BCUT2D eigenvalue weighted by Crippen LogP contribution is -2.49. The van der Waals surface area contributed by atoms with E-state index in [1.807, 2.05) is 0 Å². The molecule has 1 aromatic rings. The number of urea groups is 1. The molecular formula is C19H24FN3O3. The maximum atomic E-state index is 13.1. The van der Waals surface area contributed by atoms with Gasteiger partial charge in [-0.3, -0.25) is 14.5 Å². The van der Waals surface area contributed by atoms with E-state index in [4.69, 9.17) is 0 Å². The van der Waals surface area contributed by atoms with Crippen molar-refractivity contribution in [1.82, 2.24) is 15.1 Å². The largest absolute Gasteiger partial charge is 0.354 e. The molecule has 7 heteroatoms. The van der Waals surface area contributed by atoms with Crippen molar-refractivity contribution >= 4 is 17.8 Å². The Balaban J connectivity index is 1.55. The van der Waals surface area contributed by atoms with E-state index in [1.54, 1.807) is 19.2 Å². The monoisotopic (exact) mass is 361 g/mol. The topological polar surface area (TPSA) is 69.7 Å². The molecule has 1 heterocycles. The Morgan fingerprint density at radius 3 is 2.65 bits per heavy atom. The Morgan fingerprint density at radius 2 is 1.96 bits per heavy atom. The molecule has 1 saturated heterocycles. The molecule has 1 spiro atoms. The van der Waals surface area contributed by atoms with E-state index in [-0.39, 0.29) is 24.2 Å². The molecule has 3 rings (SSSR count). The van der Waals surface area contributed by atoms with Crippen LogP contribution in [0.3, 0.4) is 0 Å². The zero-order valence-corrected chi connectivity index (χ0v) is 15.0. The molecule has 1 aliphatic carbocycles. The van der Waals surface area contributed by atoms with Crippen molar-refractivity contribution in [3.05, 3.63) is 35.6 Å². The Kier molecular flexibility index (Phi) is 5.25. The highest BCUT2D eigenvalue weighted by Crippen LogP contribution is 2.39. The second kappa shape index (κ2) is 7.43. The van der Waals surface area contributed by atoms with Crippen molar-refractivity contribution in [3.8, 4) is 0 Å². The smallest absolute Gasteiger partial charge is 0.327 e. The normalized spacial score (nSPS) is 19.3. The van der Waals surface area contributed by atoms with Gasteiger partial charge in [0, 0.05) is 13.6 Å². The van der Waals surface area contributed by atoms with Crippen molar-refractivity contribution in [2.75, 3.05) is 20.1 Å². The minimum absolute atomic E-state index is 0.259. The quantitative estimate of drug-likeness (QED) is 0.817. The van der Waals surface area contributed by atoms with Gasteiger partial charge in [-0.15, -0.1) is 0 Å². The van der Waals surface area contributed by atoms with E-state index in [9.17, 15) is 18.8 Å². The number of likely N-dealkylation sites (N-methyl/N-ethyl adjacent to an activating group) is 1. The molecule has 0 atom stereocenters. The fraction of sp³-hybridized carbons (Fsp3) is 0.526. The number of imide groups is 1. The van der Waals surface area contributed by atoms with E-state index in [0.29, 0.717) is 25.8 Å². The number of nitrogens with zero attached hydrogens (tertiary/aromatic N) is 2. The first-order valence-electron chi connectivity index (χ1n) is 9.05. The number of carbonyl (C=O) groups excluding carboxylic acids is 3. The lowest BCUT2D eigenvalue weighted by Gasteiger charge is -2.35. The minimum Gasteiger partial charge on any atom is -0.354 e. The van der Waals surface area contributed by atoms with E-state index < -0.39 is 11.6 Å². The second-order valence-electron chi connectivity index (χ2n) is 7.06. The van der Waals surface area contributed by atoms with Gasteiger partial charge in [0.05, 0.1) is 0 Å². The maximum Gasteiger partial charge on any atom is 0.327 e. The minimum atomic E-state index is -0.767. The van der Waals surface area contributed by atoms with Gasteiger partial charge in [-0.05, 0) is 37.0 Å². The van der Waals surface area contributed by atoms with Gasteiger partial charge in [-0.1, -0.05) is 31.4 Å². The fourth-order valence-corrected chi connectivity index (χ4v) is 3.91. The zero-order valence-electron chi connectivity index (χ0n) is 15.0.